The minimum Gasteiger partial charge on any atom is -0.395 e. The maximum Gasteiger partial charge on any atom is 0.251 e. The molecule has 0 radical (unpaired) electrons. The number of carbonyl (C=O) groups excluding carboxylic acids is 1. The Labute approximate surface area is 122 Å². The third kappa shape index (κ3) is 4.16. The molecule has 1 heterocycles. The third-order valence-electron chi connectivity index (χ3n) is 2.83. The predicted molar refractivity (Wildman–Crippen MR) is 77.3 cm³/mol. The van der Waals surface area contributed by atoms with Gasteiger partial charge in [0, 0.05) is 17.5 Å². The second kappa shape index (κ2) is 7.22. The van der Waals surface area contributed by atoms with E-state index < -0.39 is 0 Å². The van der Waals surface area contributed by atoms with Crippen molar-refractivity contribution in [3.63, 3.8) is 0 Å². The van der Waals surface area contributed by atoms with Crippen molar-refractivity contribution in [1.82, 2.24) is 20.5 Å². The zero-order valence-electron chi connectivity index (χ0n) is 11.7. The minimum atomic E-state index is -0.177. The number of aliphatic hydroxyl groups excluding tert-OH is 1. The van der Waals surface area contributed by atoms with Gasteiger partial charge in [0.05, 0.1) is 13.2 Å². The van der Waals surface area contributed by atoms with Crippen LogP contribution in [0.1, 0.15) is 33.7 Å². The molecule has 0 aliphatic carbocycles. The van der Waals surface area contributed by atoms with Crippen molar-refractivity contribution >= 4 is 5.91 Å². The van der Waals surface area contributed by atoms with Crippen molar-refractivity contribution in [2.45, 2.75) is 19.9 Å². The summed E-state index contributed by atoms with van der Waals surface area (Å²) in [6.45, 7) is 2.25. The number of nitrogens with one attached hydrogen (secondary N) is 2. The second-order valence-corrected chi connectivity index (χ2v) is 4.42. The van der Waals surface area contributed by atoms with Crippen LogP contribution >= 0.6 is 0 Å². The molecule has 6 nitrogen and oxygen atoms in total. The van der Waals surface area contributed by atoms with Crippen LogP contribution in [-0.2, 0) is 6.54 Å². The van der Waals surface area contributed by atoms with Gasteiger partial charge < -0.3 is 10.4 Å². The first-order valence-corrected chi connectivity index (χ1v) is 6.53. The maximum absolute atomic E-state index is 12.0. The van der Waals surface area contributed by atoms with Gasteiger partial charge in [-0.1, -0.05) is 11.8 Å². The van der Waals surface area contributed by atoms with E-state index in [0.717, 1.165) is 11.1 Å². The molecule has 2 rings (SSSR count). The molecular weight excluding hydrogens is 268 g/mol. The molecule has 0 aliphatic heterocycles. The topological polar surface area (TPSA) is 90.9 Å². The highest BCUT2D eigenvalue weighted by Crippen LogP contribution is 2.10. The molecule has 1 aromatic carbocycles. The molecule has 2 aromatic rings. The largest absolute Gasteiger partial charge is 0.395 e. The number of carbonyl (C=O) groups is 1. The van der Waals surface area contributed by atoms with Crippen LogP contribution in [0.3, 0.4) is 0 Å². The molecule has 0 atom stereocenters. The van der Waals surface area contributed by atoms with Crippen molar-refractivity contribution in [2.24, 2.45) is 0 Å². The van der Waals surface area contributed by atoms with E-state index in [1.54, 1.807) is 12.1 Å². The van der Waals surface area contributed by atoms with Crippen LogP contribution in [-0.4, -0.2) is 32.8 Å². The van der Waals surface area contributed by atoms with Gasteiger partial charge >= 0.3 is 0 Å². The molecule has 0 unspecified atom stereocenters. The number of aromatic amines is 1. The van der Waals surface area contributed by atoms with Crippen molar-refractivity contribution in [1.29, 1.82) is 0 Å². The van der Waals surface area contributed by atoms with Gasteiger partial charge in [-0.15, -0.1) is 0 Å². The van der Waals surface area contributed by atoms with Crippen molar-refractivity contribution in [2.75, 3.05) is 6.61 Å². The van der Waals surface area contributed by atoms with E-state index in [-0.39, 0.29) is 12.5 Å². The van der Waals surface area contributed by atoms with Crippen LogP contribution in [0.4, 0.5) is 0 Å². The number of hydrogen-bond donors (Lipinski definition) is 3. The fourth-order valence-corrected chi connectivity index (χ4v) is 1.74. The van der Waals surface area contributed by atoms with Crippen LogP contribution in [0.15, 0.2) is 24.5 Å². The molecule has 0 saturated heterocycles. The standard InChI is InChI=1S/C15H16N4O2/c1-11-8-13(6-5-12(11)4-2-3-7-20)15(21)16-9-14-17-10-18-19-14/h5-6,8,10,20H,3,7,9H2,1H3,(H,16,21)(H,17,18,19). The highest BCUT2D eigenvalue weighted by atomic mass is 16.2. The Bertz CT molecular complexity index is 669. The van der Waals surface area contributed by atoms with Gasteiger partial charge in [-0.2, -0.15) is 5.10 Å². The third-order valence-corrected chi connectivity index (χ3v) is 2.83. The molecular formula is C15H16N4O2. The number of hydrogen-bond acceptors (Lipinski definition) is 4. The quantitative estimate of drug-likeness (QED) is 0.723. The van der Waals surface area contributed by atoms with Crippen LogP contribution in [0.2, 0.25) is 0 Å². The number of aromatic nitrogens is 3. The number of benzene rings is 1. The molecule has 0 aliphatic rings. The van der Waals surface area contributed by atoms with Gasteiger partial charge in [-0.25, -0.2) is 4.98 Å². The first-order chi connectivity index (χ1) is 10.2. The average Bonchev–Trinajstić information content (AvgIpc) is 3.00. The normalized spacial score (nSPS) is 9.81. The van der Waals surface area contributed by atoms with Gasteiger partial charge in [0.25, 0.3) is 5.91 Å². The molecule has 21 heavy (non-hydrogen) atoms. The Morgan fingerprint density at radius 2 is 2.33 bits per heavy atom. The SMILES string of the molecule is Cc1cc(C(=O)NCc2ncn[nH]2)ccc1C#CCCO. The molecule has 1 aromatic heterocycles. The van der Waals surface area contributed by atoms with Gasteiger partial charge in [-0.3, -0.25) is 9.89 Å². The van der Waals surface area contributed by atoms with E-state index in [4.69, 9.17) is 5.11 Å². The van der Waals surface area contributed by atoms with Crippen molar-refractivity contribution in [3.8, 4) is 11.8 Å². The summed E-state index contributed by atoms with van der Waals surface area (Å²) in [5, 5.41) is 17.9. The summed E-state index contributed by atoms with van der Waals surface area (Å²) in [7, 11) is 0. The molecule has 3 N–H and O–H groups in total. The molecule has 108 valence electrons. The molecule has 1 amide bonds. The Kier molecular flexibility index (Phi) is 5.07. The summed E-state index contributed by atoms with van der Waals surface area (Å²) in [6, 6.07) is 5.33. The van der Waals surface area contributed by atoms with Crippen LogP contribution in [0.25, 0.3) is 0 Å². The first-order valence-electron chi connectivity index (χ1n) is 6.53. The van der Waals surface area contributed by atoms with Crippen molar-refractivity contribution in [3.05, 3.63) is 47.0 Å². The Morgan fingerprint density at radius 1 is 1.48 bits per heavy atom. The van der Waals surface area contributed by atoms with E-state index >= 15 is 0 Å². The molecule has 0 spiro atoms. The zero-order valence-corrected chi connectivity index (χ0v) is 11.7. The Hall–Kier alpha value is -2.65. The van der Waals surface area contributed by atoms with Crippen LogP contribution in [0, 0.1) is 18.8 Å². The van der Waals surface area contributed by atoms with Gasteiger partial charge in [0.2, 0.25) is 0 Å². The monoisotopic (exact) mass is 284 g/mol. The van der Waals surface area contributed by atoms with Crippen molar-refractivity contribution < 1.29 is 9.90 Å². The highest BCUT2D eigenvalue weighted by molar-refractivity contribution is 5.94. The lowest BCUT2D eigenvalue weighted by Gasteiger charge is -2.05. The number of nitrogens with zero attached hydrogens (tertiary/aromatic N) is 2. The number of amides is 1. The fourth-order valence-electron chi connectivity index (χ4n) is 1.74. The van der Waals surface area contributed by atoms with Crippen LogP contribution < -0.4 is 5.32 Å². The lowest BCUT2D eigenvalue weighted by molar-refractivity contribution is 0.0950. The van der Waals surface area contributed by atoms with Gasteiger partial charge in [0.1, 0.15) is 12.2 Å². The molecule has 0 bridgehead atoms. The van der Waals surface area contributed by atoms with Gasteiger partial charge in [-0.05, 0) is 30.7 Å². The lowest BCUT2D eigenvalue weighted by atomic mass is 10.0. The summed E-state index contributed by atoms with van der Waals surface area (Å²) in [5.74, 6) is 6.26. The number of rotatable bonds is 4. The number of H-pyrrole nitrogens is 1. The Balaban J connectivity index is 2.02. The van der Waals surface area contributed by atoms with Gasteiger partial charge in [0.15, 0.2) is 0 Å². The highest BCUT2D eigenvalue weighted by Gasteiger charge is 2.07. The maximum atomic E-state index is 12.0. The Morgan fingerprint density at radius 3 is 3.00 bits per heavy atom. The second-order valence-electron chi connectivity index (χ2n) is 4.42. The summed E-state index contributed by atoms with van der Waals surface area (Å²) in [5.41, 5.74) is 2.35. The number of aliphatic hydroxyl groups is 1. The average molecular weight is 284 g/mol. The van der Waals surface area contributed by atoms with E-state index in [1.165, 1.54) is 6.33 Å². The van der Waals surface area contributed by atoms with E-state index in [0.29, 0.717) is 24.4 Å². The van der Waals surface area contributed by atoms with E-state index in [9.17, 15) is 4.79 Å². The lowest BCUT2D eigenvalue weighted by Crippen LogP contribution is -2.23. The molecule has 0 saturated carbocycles. The minimum absolute atomic E-state index is 0.0498. The summed E-state index contributed by atoms with van der Waals surface area (Å²) < 4.78 is 0. The summed E-state index contributed by atoms with van der Waals surface area (Å²) >= 11 is 0. The smallest absolute Gasteiger partial charge is 0.251 e. The predicted octanol–water partition coefficient (Wildman–Crippen LogP) is 0.777. The molecule has 6 heteroatoms. The number of aryl methyl sites for hydroxylation is 1. The van der Waals surface area contributed by atoms with Crippen LogP contribution in [0.5, 0.6) is 0 Å². The zero-order chi connectivity index (χ0) is 15.1. The summed E-state index contributed by atoms with van der Waals surface area (Å²) in [4.78, 5) is 16.0. The summed E-state index contributed by atoms with van der Waals surface area (Å²) in [6.07, 6.45) is 1.84. The fraction of sp³-hybridized carbons (Fsp3) is 0.267. The first kappa shape index (κ1) is 14.8. The molecule has 0 fully saturated rings. The van der Waals surface area contributed by atoms with E-state index in [1.807, 2.05) is 13.0 Å². The van der Waals surface area contributed by atoms with E-state index in [2.05, 4.69) is 32.3 Å².